The number of nitrogens with zero attached hydrogens (tertiary/aromatic N) is 3. The summed E-state index contributed by atoms with van der Waals surface area (Å²) in [5.74, 6) is -2.98. The standard InChI is InChI=1S/C44H61F2N9O10S/c45-33-9-6-10-34(46)42(33)65-28-37(56)35(11-3-4-15-47)50-43(59)30-7-5-8-32(25-30)55-27-31(53-54-55)26-49-40(58)14-17-61-19-21-63-23-24-64-22-20-62-18-16-48-39(57)13-2-1-12-38-41-36(29-66-38)51-44(60)52-41/h5-10,25,27,35-36,38,41H,1-4,11-24,26,28-29,47H2,(H,48,57)(H,49,58)(H,50,59)(H2,51,52,60)/t35?,36-,38-,41-/m0/s1. The number of carbonyl (C=O) groups excluding carboxylic acids is 5. The van der Waals surface area contributed by atoms with Crippen LogP contribution in [-0.2, 0) is 39.9 Å². The highest BCUT2D eigenvalue weighted by Crippen LogP contribution is 2.33. The van der Waals surface area contributed by atoms with Crippen LogP contribution in [0.4, 0.5) is 13.6 Å². The van der Waals surface area contributed by atoms with Gasteiger partial charge in [-0.3, -0.25) is 19.2 Å². The molecule has 4 atom stereocenters. The van der Waals surface area contributed by atoms with Crippen LogP contribution in [0, 0.1) is 11.6 Å². The number of aromatic nitrogens is 3. The first-order valence-corrected chi connectivity index (χ1v) is 23.3. The van der Waals surface area contributed by atoms with Gasteiger partial charge in [-0.1, -0.05) is 23.8 Å². The summed E-state index contributed by atoms with van der Waals surface area (Å²) >= 11 is 1.88. The van der Waals surface area contributed by atoms with Crippen molar-refractivity contribution in [3.63, 3.8) is 0 Å². The number of hydrogen-bond donors (Lipinski definition) is 6. The number of hydrogen-bond acceptors (Lipinski definition) is 14. The van der Waals surface area contributed by atoms with Gasteiger partial charge in [0.2, 0.25) is 11.8 Å². The lowest BCUT2D eigenvalue weighted by Crippen LogP contribution is -2.43. The van der Waals surface area contributed by atoms with E-state index < -0.39 is 41.7 Å². The SMILES string of the molecule is NCCCCC(NC(=O)c1cccc(-n2cc(CNC(=O)CCOCCOCCOCCOCCNC(=O)CCCC[C@@H]3SC[C@@H]4NC(=O)N[C@@H]43)nn2)c1)C(=O)COc1c(F)cccc1F. The van der Waals surface area contributed by atoms with Gasteiger partial charge in [-0.15, -0.1) is 5.10 Å². The molecule has 0 bridgehead atoms. The number of urea groups is 1. The first-order chi connectivity index (χ1) is 32.1. The molecule has 3 heterocycles. The molecule has 0 spiro atoms. The molecule has 2 fully saturated rings. The molecule has 7 N–H and O–H groups in total. The number of rotatable bonds is 33. The maximum Gasteiger partial charge on any atom is 0.315 e. The smallest absolute Gasteiger partial charge is 0.315 e. The average Bonchev–Trinajstić information content (AvgIpc) is 4.04. The minimum Gasteiger partial charge on any atom is -0.480 e. The first-order valence-electron chi connectivity index (χ1n) is 22.3. The van der Waals surface area contributed by atoms with E-state index in [1.807, 2.05) is 11.8 Å². The highest BCUT2D eigenvalue weighted by atomic mass is 32.2. The van der Waals surface area contributed by atoms with Crippen LogP contribution in [0.1, 0.15) is 67.4 Å². The lowest BCUT2D eigenvalue weighted by atomic mass is 10.0. The zero-order valence-corrected chi connectivity index (χ0v) is 37.8. The quantitative estimate of drug-likeness (QED) is 0.0379. The number of unbranched alkanes of at least 4 members (excludes halogenated alkanes) is 2. The predicted molar refractivity (Wildman–Crippen MR) is 239 cm³/mol. The van der Waals surface area contributed by atoms with Crippen molar-refractivity contribution in [2.24, 2.45) is 5.73 Å². The van der Waals surface area contributed by atoms with E-state index >= 15 is 0 Å². The molecular weight excluding hydrogens is 885 g/mol. The minimum atomic E-state index is -0.993. The molecule has 2 saturated heterocycles. The van der Waals surface area contributed by atoms with Crippen LogP contribution in [0.5, 0.6) is 5.75 Å². The molecule has 1 unspecified atom stereocenters. The number of Topliss-reactive ketones (excluding diaryl/α,β-unsaturated/α-hetero) is 1. The molecule has 5 rings (SSSR count). The van der Waals surface area contributed by atoms with E-state index in [1.165, 1.54) is 10.7 Å². The number of ether oxygens (including phenoxy) is 5. The van der Waals surface area contributed by atoms with Crippen LogP contribution < -0.4 is 37.1 Å². The summed E-state index contributed by atoms with van der Waals surface area (Å²) < 4.78 is 56.7. The van der Waals surface area contributed by atoms with Crippen molar-refractivity contribution >= 4 is 41.3 Å². The van der Waals surface area contributed by atoms with Gasteiger partial charge in [-0.25, -0.2) is 18.3 Å². The average molecular weight is 946 g/mol. The highest BCUT2D eigenvalue weighted by Gasteiger charge is 2.42. The first kappa shape index (κ1) is 51.7. The van der Waals surface area contributed by atoms with E-state index in [1.54, 1.807) is 30.5 Å². The maximum atomic E-state index is 14.0. The van der Waals surface area contributed by atoms with Crippen molar-refractivity contribution in [2.75, 3.05) is 78.3 Å². The number of fused-ring (bicyclic) bond motifs is 1. The van der Waals surface area contributed by atoms with E-state index in [0.29, 0.717) is 95.2 Å². The maximum absolute atomic E-state index is 14.0. The number of amides is 5. The molecule has 2 aliphatic heterocycles. The molecule has 66 heavy (non-hydrogen) atoms. The fourth-order valence-electron chi connectivity index (χ4n) is 7.04. The van der Waals surface area contributed by atoms with E-state index in [-0.39, 0.29) is 61.5 Å². The number of nitrogens with one attached hydrogen (secondary N) is 5. The van der Waals surface area contributed by atoms with Crippen molar-refractivity contribution < 1.29 is 56.4 Å². The summed E-state index contributed by atoms with van der Waals surface area (Å²) in [4.78, 5) is 62.3. The van der Waals surface area contributed by atoms with Crippen molar-refractivity contribution in [3.05, 3.63) is 71.6 Å². The second kappa shape index (κ2) is 28.7. The highest BCUT2D eigenvalue weighted by molar-refractivity contribution is 8.00. The van der Waals surface area contributed by atoms with Gasteiger partial charge in [-0.05, 0) is 69.0 Å². The Bertz CT molecular complexity index is 2000. The Hall–Kier alpha value is -5.26. The van der Waals surface area contributed by atoms with Crippen molar-refractivity contribution in [1.29, 1.82) is 0 Å². The Morgan fingerprint density at radius 1 is 0.848 bits per heavy atom. The molecule has 362 valence electrons. The third-order valence-electron chi connectivity index (χ3n) is 10.5. The normalized spacial score (nSPS) is 16.8. The topological polar surface area (TPSA) is 248 Å². The summed E-state index contributed by atoms with van der Waals surface area (Å²) in [5.41, 5.74) is 6.80. The van der Waals surface area contributed by atoms with Gasteiger partial charge in [0.1, 0.15) is 12.3 Å². The number of para-hydroxylation sites is 1. The Balaban J connectivity index is 0.851. The Morgan fingerprint density at radius 3 is 2.29 bits per heavy atom. The van der Waals surface area contributed by atoms with E-state index in [4.69, 9.17) is 29.4 Å². The second-order valence-corrected chi connectivity index (χ2v) is 16.8. The molecule has 3 aromatic rings. The molecule has 22 heteroatoms. The van der Waals surface area contributed by atoms with Gasteiger partial charge >= 0.3 is 6.03 Å². The summed E-state index contributed by atoms with van der Waals surface area (Å²) in [6.45, 7) is 3.08. The number of thioether (sulfide) groups is 1. The summed E-state index contributed by atoms with van der Waals surface area (Å²) in [6, 6.07) is 9.02. The molecule has 2 aliphatic rings. The number of carbonyl (C=O) groups is 5. The van der Waals surface area contributed by atoms with Gasteiger partial charge in [0, 0.05) is 36.0 Å². The van der Waals surface area contributed by atoms with E-state index in [0.717, 1.165) is 37.1 Å². The molecule has 0 aliphatic carbocycles. The largest absolute Gasteiger partial charge is 0.480 e. The Labute approximate surface area is 386 Å². The zero-order chi connectivity index (χ0) is 46.9. The van der Waals surface area contributed by atoms with Crippen molar-refractivity contribution in [1.82, 2.24) is 41.6 Å². The van der Waals surface area contributed by atoms with Crippen molar-refractivity contribution in [3.8, 4) is 11.4 Å². The van der Waals surface area contributed by atoms with Crippen LogP contribution in [0.3, 0.4) is 0 Å². The molecule has 1 aromatic heterocycles. The van der Waals surface area contributed by atoms with Crippen LogP contribution >= 0.6 is 11.8 Å². The summed E-state index contributed by atoms with van der Waals surface area (Å²) in [6.07, 6.45) is 6.31. The third kappa shape index (κ3) is 17.9. The molecule has 2 aromatic carbocycles. The molecule has 0 radical (unpaired) electrons. The molecule has 0 saturated carbocycles. The molecular formula is C44H61F2N9O10S. The monoisotopic (exact) mass is 945 g/mol. The zero-order valence-electron chi connectivity index (χ0n) is 36.9. The van der Waals surface area contributed by atoms with Crippen LogP contribution in [0.25, 0.3) is 5.69 Å². The minimum absolute atomic E-state index is 0.00695. The summed E-state index contributed by atoms with van der Waals surface area (Å²) in [7, 11) is 0. The van der Waals surface area contributed by atoms with Crippen LogP contribution in [-0.4, -0.2) is 146 Å². The van der Waals surface area contributed by atoms with Gasteiger partial charge in [0.15, 0.2) is 23.2 Å². The lowest BCUT2D eigenvalue weighted by Gasteiger charge is -2.18. The van der Waals surface area contributed by atoms with E-state index in [2.05, 4.69) is 36.9 Å². The lowest BCUT2D eigenvalue weighted by molar-refractivity contribution is -0.123. The van der Waals surface area contributed by atoms with Crippen molar-refractivity contribution in [2.45, 2.75) is 81.3 Å². The van der Waals surface area contributed by atoms with Crippen LogP contribution in [0.15, 0.2) is 48.7 Å². The van der Waals surface area contributed by atoms with E-state index in [9.17, 15) is 32.8 Å². The number of ketones is 1. The number of benzene rings is 2. The molecule has 5 amide bonds. The summed E-state index contributed by atoms with van der Waals surface area (Å²) in [5, 5.41) is 22.9. The second-order valence-electron chi connectivity index (χ2n) is 15.5. The van der Waals surface area contributed by atoms with Gasteiger partial charge in [-0.2, -0.15) is 11.8 Å². The Morgan fingerprint density at radius 2 is 1.55 bits per heavy atom. The number of nitrogens with two attached hydrogens (primary N) is 1. The molecule has 19 nitrogen and oxygen atoms in total. The third-order valence-corrected chi connectivity index (χ3v) is 12.0. The number of halogens is 2. The predicted octanol–water partition coefficient (Wildman–Crippen LogP) is 2.34. The Kier molecular flexibility index (Phi) is 22.5. The van der Waals surface area contributed by atoms with Gasteiger partial charge in [0.05, 0.1) is 89.4 Å². The van der Waals surface area contributed by atoms with Gasteiger partial charge in [0.25, 0.3) is 5.91 Å². The van der Waals surface area contributed by atoms with Crippen LogP contribution in [0.2, 0.25) is 0 Å². The fourth-order valence-corrected chi connectivity index (χ4v) is 8.58. The van der Waals surface area contributed by atoms with Gasteiger partial charge < -0.3 is 56.0 Å². The fraction of sp³-hybridized carbons (Fsp3) is 0.568.